The fourth-order valence-corrected chi connectivity index (χ4v) is 2.13. The molecular weight excluding hydrogens is 220 g/mol. The highest BCUT2D eigenvalue weighted by atomic mass is 16.3. The number of piperidine rings is 1. The Bertz CT molecular complexity index is 271. The monoisotopic (exact) mass is 242 g/mol. The van der Waals surface area contributed by atoms with Crippen molar-refractivity contribution in [2.45, 2.75) is 25.7 Å². The van der Waals surface area contributed by atoms with Crippen molar-refractivity contribution in [3.05, 3.63) is 0 Å². The summed E-state index contributed by atoms with van der Waals surface area (Å²) in [6.07, 6.45) is 2.43. The number of hydrogen-bond acceptors (Lipinski definition) is 3. The molecule has 0 bridgehead atoms. The molecule has 1 aliphatic rings. The number of aliphatic hydroxyl groups excluding tert-OH is 1. The fourth-order valence-electron chi connectivity index (χ4n) is 2.13. The van der Waals surface area contributed by atoms with Gasteiger partial charge in [0, 0.05) is 46.1 Å². The summed E-state index contributed by atoms with van der Waals surface area (Å²) in [7, 11) is 3.53. The Hall–Kier alpha value is -1.10. The molecule has 17 heavy (non-hydrogen) atoms. The second kappa shape index (κ2) is 6.59. The van der Waals surface area contributed by atoms with E-state index in [4.69, 9.17) is 5.11 Å². The van der Waals surface area contributed by atoms with E-state index in [0.29, 0.717) is 25.9 Å². The molecule has 5 nitrogen and oxygen atoms in total. The van der Waals surface area contributed by atoms with Crippen LogP contribution in [0.1, 0.15) is 25.7 Å². The van der Waals surface area contributed by atoms with E-state index in [0.717, 1.165) is 12.8 Å². The zero-order valence-corrected chi connectivity index (χ0v) is 10.7. The van der Waals surface area contributed by atoms with Crippen LogP contribution in [0.3, 0.4) is 0 Å². The van der Waals surface area contributed by atoms with Gasteiger partial charge in [-0.15, -0.1) is 0 Å². The molecule has 2 amide bonds. The van der Waals surface area contributed by atoms with Crippen LogP contribution in [-0.4, -0.2) is 60.5 Å². The van der Waals surface area contributed by atoms with Gasteiger partial charge in [-0.25, -0.2) is 0 Å². The Labute approximate surface area is 102 Å². The van der Waals surface area contributed by atoms with Crippen molar-refractivity contribution in [2.24, 2.45) is 5.92 Å². The van der Waals surface area contributed by atoms with Crippen molar-refractivity contribution in [3.63, 3.8) is 0 Å². The van der Waals surface area contributed by atoms with Crippen molar-refractivity contribution in [1.82, 2.24) is 9.80 Å². The summed E-state index contributed by atoms with van der Waals surface area (Å²) in [5, 5.41) is 8.67. The molecule has 0 aromatic carbocycles. The van der Waals surface area contributed by atoms with E-state index in [1.54, 1.807) is 23.9 Å². The first-order chi connectivity index (χ1) is 8.06. The van der Waals surface area contributed by atoms with Gasteiger partial charge < -0.3 is 14.9 Å². The van der Waals surface area contributed by atoms with E-state index >= 15 is 0 Å². The third kappa shape index (κ3) is 4.00. The predicted octanol–water partition coefficient (Wildman–Crippen LogP) is 0.0857. The second-order valence-electron chi connectivity index (χ2n) is 4.71. The Balaban J connectivity index is 2.35. The van der Waals surface area contributed by atoms with E-state index in [-0.39, 0.29) is 24.3 Å². The van der Waals surface area contributed by atoms with Crippen molar-refractivity contribution < 1.29 is 14.7 Å². The minimum Gasteiger partial charge on any atom is -0.396 e. The van der Waals surface area contributed by atoms with E-state index in [9.17, 15) is 9.59 Å². The first kappa shape index (κ1) is 14.0. The Kier molecular flexibility index (Phi) is 5.41. The fraction of sp³-hybridized carbons (Fsp3) is 0.833. The average molecular weight is 242 g/mol. The van der Waals surface area contributed by atoms with Crippen LogP contribution >= 0.6 is 0 Å². The van der Waals surface area contributed by atoms with Crippen molar-refractivity contribution in [2.75, 3.05) is 33.8 Å². The van der Waals surface area contributed by atoms with Gasteiger partial charge in [0.1, 0.15) is 0 Å². The number of nitrogens with zero attached hydrogens (tertiary/aromatic N) is 2. The van der Waals surface area contributed by atoms with E-state index < -0.39 is 0 Å². The molecule has 1 aliphatic heterocycles. The normalized spacial score (nSPS) is 17.0. The van der Waals surface area contributed by atoms with E-state index in [1.807, 2.05) is 0 Å². The maximum atomic E-state index is 11.7. The molecule has 0 unspecified atom stereocenters. The number of hydrogen-bond donors (Lipinski definition) is 1. The van der Waals surface area contributed by atoms with Gasteiger partial charge in [-0.05, 0) is 19.3 Å². The summed E-state index contributed by atoms with van der Waals surface area (Å²) in [5.41, 5.74) is 0. The summed E-state index contributed by atoms with van der Waals surface area (Å²) in [5.74, 6) is 0.314. The van der Waals surface area contributed by atoms with Crippen LogP contribution in [0.5, 0.6) is 0 Å². The molecule has 0 saturated carbocycles. The SMILES string of the molecule is CN(C)C(=O)C1CCN(C(=O)CCCO)CC1. The van der Waals surface area contributed by atoms with Gasteiger partial charge in [-0.2, -0.15) is 0 Å². The van der Waals surface area contributed by atoms with Crippen molar-refractivity contribution >= 4 is 11.8 Å². The summed E-state index contributed by atoms with van der Waals surface area (Å²) in [4.78, 5) is 26.8. The Morgan fingerprint density at radius 1 is 1.29 bits per heavy atom. The first-order valence-electron chi connectivity index (χ1n) is 6.16. The lowest BCUT2D eigenvalue weighted by Crippen LogP contribution is -2.42. The largest absolute Gasteiger partial charge is 0.396 e. The summed E-state index contributed by atoms with van der Waals surface area (Å²) >= 11 is 0. The highest BCUT2D eigenvalue weighted by molar-refractivity contribution is 5.79. The number of amides is 2. The van der Waals surface area contributed by atoms with Gasteiger partial charge in [0.2, 0.25) is 11.8 Å². The molecule has 0 aromatic heterocycles. The number of likely N-dealkylation sites (tertiary alicyclic amines) is 1. The number of carbonyl (C=O) groups is 2. The summed E-state index contributed by atoms with van der Waals surface area (Å²) < 4.78 is 0. The lowest BCUT2D eigenvalue weighted by Gasteiger charge is -2.32. The number of carbonyl (C=O) groups excluding carboxylic acids is 2. The molecular formula is C12H22N2O3. The maximum absolute atomic E-state index is 11.7. The predicted molar refractivity (Wildman–Crippen MR) is 64.3 cm³/mol. The van der Waals surface area contributed by atoms with Crippen LogP contribution in [0.25, 0.3) is 0 Å². The molecule has 1 heterocycles. The lowest BCUT2D eigenvalue weighted by atomic mass is 9.95. The van der Waals surface area contributed by atoms with Gasteiger partial charge in [0.15, 0.2) is 0 Å². The van der Waals surface area contributed by atoms with Crippen LogP contribution in [0.4, 0.5) is 0 Å². The summed E-state index contributed by atoms with van der Waals surface area (Å²) in [6.45, 7) is 1.38. The Morgan fingerprint density at radius 3 is 2.35 bits per heavy atom. The van der Waals surface area contributed by atoms with E-state index in [1.165, 1.54) is 0 Å². The van der Waals surface area contributed by atoms with Gasteiger partial charge in [-0.1, -0.05) is 0 Å². The first-order valence-corrected chi connectivity index (χ1v) is 6.16. The zero-order valence-electron chi connectivity index (χ0n) is 10.7. The average Bonchev–Trinajstić information content (AvgIpc) is 2.35. The maximum Gasteiger partial charge on any atom is 0.225 e. The number of rotatable bonds is 4. The molecule has 98 valence electrons. The third-order valence-electron chi connectivity index (χ3n) is 3.19. The van der Waals surface area contributed by atoms with E-state index in [2.05, 4.69) is 0 Å². The quantitative estimate of drug-likeness (QED) is 0.760. The number of aliphatic hydroxyl groups is 1. The Morgan fingerprint density at radius 2 is 1.88 bits per heavy atom. The van der Waals surface area contributed by atoms with Gasteiger partial charge in [0.25, 0.3) is 0 Å². The highest BCUT2D eigenvalue weighted by Gasteiger charge is 2.27. The molecule has 0 aliphatic carbocycles. The molecule has 1 rings (SSSR count). The molecule has 0 atom stereocenters. The minimum atomic E-state index is 0.0569. The van der Waals surface area contributed by atoms with Crippen LogP contribution in [0.15, 0.2) is 0 Å². The second-order valence-corrected chi connectivity index (χ2v) is 4.71. The van der Waals surface area contributed by atoms with Crippen molar-refractivity contribution in [1.29, 1.82) is 0 Å². The minimum absolute atomic E-state index is 0.0569. The van der Waals surface area contributed by atoms with Crippen LogP contribution in [-0.2, 0) is 9.59 Å². The third-order valence-corrected chi connectivity index (χ3v) is 3.19. The molecule has 1 saturated heterocycles. The van der Waals surface area contributed by atoms with Crippen LogP contribution in [0.2, 0.25) is 0 Å². The molecule has 0 radical (unpaired) electrons. The standard InChI is InChI=1S/C12H22N2O3/c1-13(2)12(17)10-5-7-14(8-6-10)11(16)4-3-9-15/h10,15H,3-9H2,1-2H3. The highest BCUT2D eigenvalue weighted by Crippen LogP contribution is 2.19. The molecule has 1 fully saturated rings. The zero-order chi connectivity index (χ0) is 12.8. The van der Waals surface area contributed by atoms with Crippen molar-refractivity contribution in [3.8, 4) is 0 Å². The molecule has 0 spiro atoms. The smallest absolute Gasteiger partial charge is 0.225 e. The van der Waals surface area contributed by atoms with Gasteiger partial charge in [0.05, 0.1) is 0 Å². The molecule has 1 N–H and O–H groups in total. The summed E-state index contributed by atoms with van der Waals surface area (Å²) in [6, 6.07) is 0. The van der Waals surface area contributed by atoms with Crippen LogP contribution < -0.4 is 0 Å². The van der Waals surface area contributed by atoms with Gasteiger partial charge in [-0.3, -0.25) is 9.59 Å². The van der Waals surface area contributed by atoms with Gasteiger partial charge >= 0.3 is 0 Å². The molecule has 0 aromatic rings. The molecule has 5 heteroatoms. The lowest BCUT2D eigenvalue weighted by molar-refractivity contribution is -0.139. The van der Waals surface area contributed by atoms with Crippen LogP contribution in [0, 0.1) is 5.92 Å². The topological polar surface area (TPSA) is 60.9 Å².